The van der Waals surface area contributed by atoms with Crippen LogP contribution in [0.15, 0.2) is 52.9 Å². The third kappa shape index (κ3) is 4.30. The Morgan fingerprint density at radius 1 is 1.08 bits per heavy atom. The van der Waals surface area contributed by atoms with Crippen molar-refractivity contribution in [1.29, 1.82) is 0 Å². The first-order valence-electron chi connectivity index (χ1n) is 7.52. The van der Waals surface area contributed by atoms with Crippen LogP contribution in [0.4, 0.5) is 10.1 Å². The van der Waals surface area contributed by atoms with Crippen LogP contribution in [0.25, 0.3) is 0 Å². The van der Waals surface area contributed by atoms with Crippen LogP contribution in [0.1, 0.15) is 20.9 Å². The lowest BCUT2D eigenvalue weighted by molar-refractivity contribution is 0.102. The molecule has 0 saturated carbocycles. The number of carbonyl (C=O) groups is 1. The van der Waals surface area contributed by atoms with Crippen LogP contribution in [0.2, 0.25) is 0 Å². The Morgan fingerprint density at radius 2 is 1.73 bits per heavy atom. The summed E-state index contributed by atoms with van der Waals surface area (Å²) in [5.74, 6) is -0.980. The molecule has 2 aromatic carbocycles. The molecule has 0 atom stereocenters. The molecule has 0 bridgehead atoms. The molecule has 1 N–H and O–H groups in total. The molecule has 6 nitrogen and oxygen atoms in total. The number of sulfone groups is 1. The van der Waals surface area contributed by atoms with Crippen molar-refractivity contribution in [2.75, 3.05) is 5.32 Å². The number of hydrogen-bond acceptors (Lipinski definition) is 6. The summed E-state index contributed by atoms with van der Waals surface area (Å²) in [6, 6.07) is 11.6. The van der Waals surface area contributed by atoms with Crippen LogP contribution in [-0.4, -0.2) is 24.5 Å². The maximum atomic E-state index is 12.9. The number of amides is 1. The Balaban J connectivity index is 1.70. The number of anilines is 1. The van der Waals surface area contributed by atoms with Gasteiger partial charge in [-0.25, -0.2) is 12.8 Å². The Hall–Kier alpha value is -2.65. The number of nitrogens with zero attached hydrogens (tertiary/aromatic N) is 2. The lowest BCUT2D eigenvalue weighted by Crippen LogP contribution is -2.12. The molecule has 3 rings (SSSR count). The summed E-state index contributed by atoms with van der Waals surface area (Å²) < 4.78 is 37.5. The summed E-state index contributed by atoms with van der Waals surface area (Å²) in [7, 11) is -3.57. The number of hydrogen-bond donors (Lipinski definition) is 1. The Bertz CT molecular complexity index is 1030. The van der Waals surface area contributed by atoms with E-state index in [-0.39, 0.29) is 21.8 Å². The maximum absolute atomic E-state index is 12.9. The number of aryl methyl sites for hydroxylation is 1. The summed E-state index contributed by atoms with van der Waals surface area (Å²) in [5, 5.41) is 10.6. The fourth-order valence-corrected chi connectivity index (χ4v) is 4.56. The smallest absolute Gasteiger partial charge is 0.255 e. The van der Waals surface area contributed by atoms with E-state index in [1.54, 1.807) is 19.1 Å². The molecule has 134 valence electrons. The minimum atomic E-state index is -3.57. The van der Waals surface area contributed by atoms with E-state index in [4.69, 9.17) is 0 Å². The van der Waals surface area contributed by atoms with E-state index in [0.29, 0.717) is 21.8 Å². The topological polar surface area (TPSA) is 89.0 Å². The van der Waals surface area contributed by atoms with Gasteiger partial charge in [-0.1, -0.05) is 23.5 Å². The lowest BCUT2D eigenvalue weighted by Gasteiger charge is -2.06. The van der Waals surface area contributed by atoms with Crippen molar-refractivity contribution >= 4 is 32.8 Å². The number of rotatable bonds is 5. The second-order valence-corrected chi connectivity index (χ2v) is 8.85. The molecule has 1 heterocycles. The minimum Gasteiger partial charge on any atom is -0.322 e. The molecule has 26 heavy (non-hydrogen) atoms. The Labute approximate surface area is 153 Å². The van der Waals surface area contributed by atoms with Gasteiger partial charge in [0.05, 0.1) is 5.75 Å². The van der Waals surface area contributed by atoms with Crippen LogP contribution >= 0.6 is 11.3 Å². The summed E-state index contributed by atoms with van der Waals surface area (Å²) in [6.07, 6.45) is 0. The summed E-state index contributed by atoms with van der Waals surface area (Å²) >= 11 is 1.02. The van der Waals surface area contributed by atoms with Gasteiger partial charge in [0.1, 0.15) is 10.8 Å². The van der Waals surface area contributed by atoms with Crippen LogP contribution in [0, 0.1) is 12.7 Å². The van der Waals surface area contributed by atoms with Crippen molar-refractivity contribution in [3.05, 3.63) is 70.5 Å². The van der Waals surface area contributed by atoms with Gasteiger partial charge in [-0.05, 0) is 48.9 Å². The zero-order chi connectivity index (χ0) is 18.7. The monoisotopic (exact) mass is 391 g/mol. The van der Waals surface area contributed by atoms with E-state index < -0.39 is 9.84 Å². The predicted octanol–water partition coefficient (Wildman–Crippen LogP) is 3.21. The average molecular weight is 391 g/mol. The lowest BCUT2D eigenvalue weighted by atomic mass is 10.1. The molecular weight excluding hydrogens is 377 g/mol. The number of nitrogens with one attached hydrogen (secondary N) is 1. The second-order valence-electron chi connectivity index (χ2n) is 5.50. The average Bonchev–Trinajstić information content (AvgIpc) is 3.05. The second kappa shape index (κ2) is 7.30. The summed E-state index contributed by atoms with van der Waals surface area (Å²) in [6.45, 7) is 1.69. The molecule has 3 aromatic rings. The zero-order valence-electron chi connectivity index (χ0n) is 13.6. The van der Waals surface area contributed by atoms with Gasteiger partial charge in [0.25, 0.3) is 5.91 Å². The number of halogens is 1. The van der Waals surface area contributed by atoms with Crippen molar-refractivity contribution in [3.8, 4) is 0 Å². The molecule has 0 unspecified atom stereocenters. The Kier molecular flexibility index (Phi) is 5.10. The van der Waals surface area contributed by atoms with E-state index in [9.17, 15) is 17.6 Å². The van der Waals surface area contributed by atoms with E-state index in [0.717, 1.165) is 11.3 Å². The van der Waals surface area contributed by atoms with Gasteiger partial charge in [-0.2, -0.15) is 0 Å². The standard InChI is InChI=1S/C17H14FN3O3S2/c1-11-20-21-17(25-11)26(23,24)10-12-2-4-13(5-3-12)16(22)19-15-8-6-14(18)7-9-15/h2-9H,10H2,1H3,(H,19,22). The molecule has 0 fully saturated rings. The van der Waals surface area contributed by atoms with E-state index >= 15 is 0 Å². The molecule has 9 heteroatoms. The third-order valence-corrected chi connectivity index (χ3v) is 6.42. The van der Waals surface area contributed by atoms with Gasteiger partial charge in [-0.15, -0.1) is 10.2 Å². The van der Waals surface area contributed by atoms with Crippen LogP contribution in [-0.2, 0) is 15.6 Å². The fraction of sp³-hybridized carbons (Fsp3) is 0.118. The highest BCUT2D eigenvalue weighted by Gasteiger charge is 2.20. The number of benzene rings is 2. The molecule has 0 aliphatic heterocycles. The molecule has 0 aliphatic rings. The van der Waals surface area contributed by atoms with Crippen LogP contribution < -0.4 is 5.32 Å². The van der Waals surface area contributed by atoms with Gasteiger partial charge in [0.15, 0.2) is 0 Å². The van der Waals surface area contributed by atoms with Gasteiger partial charge in [-0.3, -0.25) is 4.79 Å². The zero-order valence-corrected chi connectivity index (χ0v) is 15.3. The van der Waals surface area contributed by atoms with Gasteiger partial charge in [0, 0.05) is 11.3 Å². The van der Waals surface area contributed by atoms with Crippen molar-refractivity contribution in [2.45, 2.75) is 17.0 Å². The molecule has 1 aromatic heterocycles. The molecule has 0 spiro atoms. The first-order valence-corrected chi connectivity index (χ1v) is 9.99. The SMILES string of the molecule is Cc1nnc(S(=O)(=O)Cc2ccc(C(=O)Nc3ccc(F)cc3)cc2)s1. The van der Waals surface area contributed by atoms with Gasteiger partial charge < -0.3 is 5.32 Å². The molecule has 0 aliphatic carbocycles. The highest BCUT2D eigenvalue weighted by molar-refractivity contribution is 7.92. The maximum Gasteiger partial charge on any atom is 0.255 e. The summed E-state index contributed by atoms with van der Waals surface area (Å²) in [4.78, 5) is 12.2. The van der Waals surface area contributed by atoms with E-state index in [2.05, 4.69) is 15.5 Å². The van der Waals surface area contributed by atoms with Crippen molar-refractivity contribution in [2.24, 2.45) is 0 Å². The van der Waals surface area contributed by atoms with Crippen molar-refractivity contribution in [3.63, 3.8) is 0 Å². The molecule has 0 saturated heterocycles. The first kappa shape index (κ1) is 18.2. The highest BCUT2D eigenvalue weighted by atomic mass is 32.2. The largest absolute Gasteiger partial charge is 0.322 e. The Morgan fingerprint density at radius 3 is 2.31 bits per heavy atom. The number of carbonyl (C=O) groups excluding carboxylic acids is 1. The van der Waals surface area contributed by atoms with E-state index in [1.807, 2.05) is 0 Å². The van der Waals surface area contributed by atoms with E-state index in [1.165, 1.54) is 36.4 Å². The first-order chi connectivity index (χ1) is 12.3. The molecular formula is C17H14FN3O3S2. The van der Waals surface area contributed by atoms with Gasteiger partial charge >= 0.3 is 0 Å². The number of aromatic nitrogens is 2. The van der Waals surface area contributed by atoms with Crippen molar-refractivity contribution in [1.82, 2.24) is 10.2 Å². The van der Waals surface area contributed by atoms with Gasteiger partial charge in [0.2, 0.25) is 14.2 Å². The molecule has 1 amide bonds. The summed E-state index contributed by atoms with van der Waals surface area (Å²) in [5.41, 5.74) is 1.37. The highest BCUT2D eigenvalue weighted by Crippen LogP contribution is 2.20. The predicted molar refractivity (Wildman–Crippen MR) is 96.3 cm³/mol. The van der Waals surface area contributed by atoms with Crippen LogP contribution in [0.3, 0.4) is 0 Å². The third-order valence-electron chi connectivity index (χ3n) is 3.45. The normalized spacial score (nSPS) is 11.3. The fourth-order valence-electron chi connectivity index (χ4n) is 2.17. The quantitative estimate of drug-likeness (QED) is 0.721. The van der Waals surface area contributed by atoms with Crippen LogP contribution in [0.5, 0.6) is 0 Å². The van der Waals surface area contributed by atoms with Crippen molar-refractivity contribution < 1.29 is 17.6 Å². The minimum absolute atomic E-state index is 0.0203. The molecule has 0 radical (unpaired) electrons.